The van der Waals surface area contributed by atoms with Gasteiger partial charge in [-0.1, -0.05) is 36.9 Å². The molecule has 4 unspecified atom stereocenters. The number of hydrogen-bond acceptors (Lipinski definition) is 6. The molecule has 0 aromatic heterocycles. The Balaban J connectivity index is 1.35. The van der Waals surface area contributed by atoms with Crippen LogP contribution in [0, 0.1) is 0 Å². The smallest absolute Gasteiger partial charge is 0.330 e. The van der Waals surface area contributed by atoms with E-state index in [1.807, 2.05) is 30.3 Å². The van der Waals surface area contributed by atoms with Crippen LogP contribution in [0.15, 0.2) is 61.7 Å². The van der Waals surface area contributed by atoms with Crippen molar-refractivity contribution in [3.63, 3.8) is 0 Å². The number of benzene rings is 2. The van der Waals surface area contributed by atoms with E-state index in [9.17, 15) is 4.79 Å². The Morgan fingerprint density at radius 2 is 1.97 bits per heavy atom. The topological polar surface area (TPSA) is 63.2 Å². The van der Waals surface area contributed by atoms with Gasteiger partial charge in [0, 0.05) is 31.3 Å². The van der Waals surface area contributed by atoms with Crippen LogP contribution in [0.25, 0.3) is 10.8 Å². The van der Waals surface area contributed by atoms with E-state index in [2.05, 4.69) is 19.2 Å². The summed E-state index contributed by atoms with van der Waals surface area (Å²) >= 11 is 0. The summed E-state index contributed by atoms with van der Waals surface area (Å²) in [7, 11) is 0. The average Bonchev–Trinajstić information content (AvgIpc) is 3.24. The second-order valence-corrected chi connectivity index (χ2v) is 9.07. The number of alkyl halides is 1. The van der Waals surface area contributed by atoms with Gasteiger partial charge in [-0.05, 0) is 41.3 Å². The van der Waals surface area contributed by atoms with Gasteiger partial charge >= 0.3 is 5.97 Å². The van der Waals surface area contributed by atoms with Gasteiger partial charge in [0.05, 0.1) is 19.8 Å². The molecule has 0 amide bonds. The van der Waals surface area contributed by atoms with Crippen molar-refractivity contribution in [1.29, 1.82) is 0 Å². The van der Waals surface area contributed by atoms with E-state index < -0.39 is 17.7 Å². The molecule has 188 valence electrons. The first-order chi connectivity index (χ1) is 17.0. The number of carbonyl (C=O) groups excluding carboxylic acids is 1. The third-order valence-electron chi connectivity index (χ3n) is 6.81. The fourth-order valence-corrected chi connectivity index (χ4v) is 5.03. The number of carbonyl (C=O) groups is 1. The SMILES string of the molecule is C=CCOOC1CCOC12CCC(c1ccc3cc(OCCCOC(=O)C=C)ccc3c1)C(F)C2. The van der Waals surface area contributed by atoms with Crippen LogP contribution in [-0.4, -0.2) is 50.3 Å². The van der Waals surface area contributed by atoms with E-state index in [0.29, 0.717) is 45.5 Å². The van der Waals surface area contributed by atoms with Crippen molar-refractivity contribution in [1.82, 2.24) is 0 Å². The molecule has 1 aliphatic heterocycles. The van der Waals surface area contributed by atoms with Crippen LogP contribution < -0.4 is 4.74 Å². The number of halogens is 1. The lowest BCUT2D eigenvalue weighted by molar-refractivity contribution is -0.338. The van der Waals surface area contributed by atoms with Gasteiger partial charge in [0.15, 0.2) is 0 Å². The van der Waals surface area contributed by atoms with Crippen LogP contribution in [-0.2, 0) is 24.0 Å². The molecular formula is C28H33FO6. The molecule has 4 rings (SSSR count). The molecule has 1 heterocycles. The second kappa shape index (κ2) is 11.8. The molecule has 1 saturated carbocycles. The number of hydrogen-bond donors (Lipinski definition) is 0. The minimum atomic E-state index is -1.03. The molecule has 2 aromatic rings. The summed E-state index contributed by atoms with van der Waals surface area (Å²) in [6.07, 6.45) is 4.49. The molecule has 0 bridgehead atoms. The van der Waals surface area contributed by atoms with Crippen LogP contribution >= 0.6 is 0 Å². The normalized spacial score (nSPS) is 26.0. The lowest BCUT2D eigenvalue weighted by Gasteiger charge is -2.41. The van der Waals surface area contributed by atoms with Gasteiger partial charge in [-0.15, -0.1) is 6.58 Å². The molecule has 0 N–H and O–H groups in total. The summed E-state index contributed by atoms with van der Waals surface area (Å²) < 4.78 is 32.2. The fraction of sp³-hybridized carbons (Fsp3) is 0.464. The van der Waals surface area contributed by atoms with Gasteiger partial charge in [0.1, 0.15) is 30.2 Å². The Morgan fingerprint density at radius 1 is 1.14 bits per heavy atom. The van der Waals surface area contributed by atoms with Crippen LogP contribution in [0.1, 0.15) is 43.6 Å². The maximum absolute atomic E-state index is 15.5. The Labute approximate surface area is 205 Å². The van der Waals surface area contributed by atoms with Crippen molar-refractivity contribution >= 4 is 16.7 Å². The summed E-state index contributed by atoms with van der Waals surface area (Å²) in [5.74, 6) is 0.126. The first-order valence-corrected chi connectivity index (χ1v) is 12.2. The Morgan fingerprint density at radius 3 is 2.77 bits per heavy atom. The van der Waals surface area contributed by atoms with Crippen LogP contribution in [0.3, 0.4) is 0 Å². The summed E-state index contributed by atoms with van der Waals surface area (Å²) in [6.45, 7) is 8.56. The van der Waals surface area contributed by atoms with Crippen molar-refractivity contribution in [2.24, 2.45) is 0 Å². The maximum atomic E-state index is 15.5. The number of ether oxygens (including phenoxy) is 3. The van der Waals surface area contributed by atoms with Crippen LogP contribution in [0.4, 0.5) is 4.39 Å². The molecule has 2 aromatic carbocycles. The molecular weight excluding hydrogens is 451 g/mol. The minimum Gasteiger partial charge on any atom is -0.493 e. The van der Waals surface area contributed by atoms with Gasteiger partial charge < -0.3 is 14.2 Å². The first kappa shape index (κ1) is 25.4. The Bertz CT molecular complexity index is 1040. The lowest BCUT2D eigenvalue weighted by atomic mass is 9.72. The molecule has 4 atom stereocenters. The standard InChI is InChI=1S/C28H33FO6/c1-3-13-34-35-26-11-16-33-28(26)12-10-24(25(29)19-28)22-7-6-21-18-23(9-8-20(21)17-22)31-14-5-15-32-27(30)4-2/h3-4,6-9,17-18,24-26H,1-2,5,10-16,19H2. The molecule has 35 heavy (non-hydrogen) atoms. The van der Waals surface area contributed by atoms with E-state index >= 15 is 4.39 Å². The van der Waals surface area contributed by atoms with E-state index in [4.69, 9.17) is 24.0 Å². The number of fused-ring (bicyclic) bond motifs is 1. The van der Waals surface area contributed by atoms with Gasteiger partial charge in [-0.25, -0.2) is 19.0 Å². The third-order valence-corrected chi connectivity index (χ3v) is 6.81. The molecule has 1 spiro atoms. The number of esters is 1. The lowest BCUT2D eigenvalue weighted by Crippen LogP contribution is -2.47. The molecule has 0 radical (unpaired) electrons. The van der Waals surface area contributed by atoms with Crippen LogP contribution in [0.5, 0.6) is 5.75 Å². The highest BCUT2D eigenvalue weighted by Crippen LogP contribution is 2.47. The van der Waals surface area contributed by atoms with Crippen molar-refractivity contribution in [3.8, 4) is 5.75 Å². The van der Waals surface area contributed by atoms with Crippen LogP contribution in [0.2, 0.25) is 0 Å². The molecule has 1 aliphatic carbocycles. The van der Waals surface area contributed by atoms with Crippen molar-refractivity contribution < 1.29 is 33.2 Å². The maximum Gasteiger partial charge on any atom is 0.330 e. The minimum absolute atomic E-state index is 0.182. The summed E-state index contributed by atoms with van der Waals surface area (Å²) in [5, 5.41) is 2.07. The number of rotatable bonds is 11. The zero-order valence-electron chi connectivity index (χ0n) is 20.0. The van der Waals surface area contributed by atoms with Gasteiger partial charge in [0.2, 0.25) is 0 Å². The van der Waals surface area contributed by atoms with E-state index in [1.165, 1.54) is 0 Å². The third kappa shape index (κ3) is 6.10. The molecule has 2 aliphatic rings. The largest absolute Gasteiger partial charge is 0.493 e. The summed E-state index contributed by atoms with van der Waals surface area (Å²) in [4.78, 5) is 21.8. The summed E-state index contributed by atoms with van der Waals surface area (Å²) in [6, 6.07) is 12.0. The average molecular weight is 485 g/mol. The second-order valence-electron chi connectivity index (χ2n) is 9.07. The quantitative estimate of drug-likeness (QED) is 0.103. The van der Waals surface area contributed by atoms with Gasteiger partial charge in [-0.2, -0.15) is 0 Å². The fourth-order valence-electron chi connectivity index (χ4n) is 5.03. The van der Waals surface area contributed by atoms with E-state index in [0.717, 1.165) is 34.6 Å². The highest BCUT2D eigenvalue weighted by atomic mass is 19.1. The molecule has 7 heteroatoms. The van der Waals surface area contributed by atoms with Gasteiger partial charge in [-0.3, -0.25) is 0 Å². The highest BCUT2D eigenvalue weighted by Gasteiger charge is 2.51. The monoisotopic (exact) mass is 484 g/mol. The zero-order chi connectivity index (χ0) is 24.7. The van der Waals surface area contributed by atoms with Crippen molar-refractivity contribution in [3.05, 3.63) is 67.3 Å². The zero-order valence-corrected chi connectivity index (χ0v) is 20.0. The van der Waals surface area contributed by atoms with E-state index in [1.54, 1.807) is 6.08 Å². The first-order valence-electron chi connectivity index (χ1n) is 12.2. The van der Waals surface area contributed by atoms with Crippen molar-refractivity contribution in [2.75, 3.05) is 26.4 Å². The molecule has 2 fully saturated rings. The molecule has 1 saturated heterocycles. The van der Waals surface area contributed by atoms with Gasteiger partial charge in [0.25, 0.3) is 0 Å². The van der Waals surface area contributed by atoms with Crippen molar-refractivity contribution in [2.45, 2.75) is 55.9 Å². The predicted octanol–water partition coefficient (Wildman–Crippen LogP) is 5.61. The Kier molecular flexibility index (Phi) is 8.55. The highest BCUT2D eigenvalue weighted by molar-refractivity contribution is 5.84. The molecule has 6 nitrogen and oxygen atoms in total. The predicted molar refractivity (Wildman–Crippen MR) is 131 cm³/mol. The van der Waals surface area contributed by atoms with E-state index in [-0.39, 0.29) is 18.6 Å². The Hall–Kier alpha value is -2.74. The summed E-state index contributed by atoms with van der Waals surface area (Å²) in [5.41, 5.74) is 0.375.